The Balaban J connectivity index is 4.29. The Morgan fingerprint density at radius 2 is 1.69 bits per heavy atom. The molecule has 0 aliphatic carbocycles. The number of nitrogens with zero attached hydrogens (tertiary/aromatic N) is 1. The van der Waals surface area contributed by atoms with Gasteiger partial charge < -0.3 is 4.90 Å². The predicted octanol–water partition coefficient (Wildman–Crippen LogP) is 3.46. The van der Waals surface area contributed by atoms with Crippen molar-refractivity contribution in [3.05, 3.63) is 11.1 Å². The van der Waals surface area contributed by atoms with Gasteiger partial charge in [0.1, 0.15) is 0 Å². The van der Waals surface area contributed by atoms with E-state index in [0.29, 0.717) is 6.04 Å². The Kier molecular flexibility index (Phi) is 6.06. The molecule has 1 atom stereocenters. The van der Waals surface area contributed by atoms with Crippen LogP contribution in [0, 0.1) is 0 Å². The molecule has 0 heterocycles. The van der Waals surface area contributed by atoms with Gasteiger partial charge in [0.25, 0.3) is 0 Å². The average Bonchev–Trinajstić information content (AvgIpc) is 2.12. The van der Waals surface area contributed by atoms with Gasteiger partial charge in [-0.2, -0.15) is 0 Å². The van der Waals surface area contributed by atoms with Gasteiger partial charge in [-0.05, 0) is 47.2 Å². The Bertz CT molecular complexity index is 168. The maximum absolute atomic E-state index is 2.29. The second-order valence-electron chi connectivity index (χ2n) is 4.11. The Morgan fingerprint density at radius 1 is 1.15 bits per heavy atom. The van der Waals surface area contributed by atoms with Crippen molar-refractivity contribution in [3.63, 3.8) is 0 Å². The number of rotatable bonds is 5. The number of allylic oxidation sites excluding steroid dienone is 1. The molecule has 0 aliphatic rings. The smallest absolute Gasteiger partial charge is 0.00981 e. The Hall–Kier alpha value is -0.300. The summed E-state index contributed by atoms with van der Waals surface area (Å²) < 4.78 is 0. The van der Waals surface area contributed by atoms with Crippen LogP contribution in [0.3, 0.4) is 0 Å². The van der Waals surface area contributed by atoms with E-state index in [1.807, 2.05) is 0 Å². The zero-order valence-corrected chi connectivity index (χ0v) is 10.1. The molecule has 0 aromatic rings. The zero-order chi connectivity index (χ0) is 10.4. The first-order valence-corrected chi connectivity index (χ1v) is 5.36. The minimum Gasteiger partial charge on any atom is -0.306 e. The van der Waals surface area contributed by atoms with Gasteiger partial charge in [0, 0.05) is 6.04 Å². The van der Waals surface area contributed by atoms with Gasteiger partial charge in [-0.3, -0.25) is 0 Å². The summed E-state index contributed by atoms with van der Waals surface area (Å²) >= 11 is 0. The van der Waals surface area contributed by atoms with Crippen LogP contribution >= 0.6 is 0 Å². The highest BCUT2D eigenvalue weighted by atomic mass is 15.1. The molecule has 0 rings (SSSR count). The van der Waals surface area contributed by atoms with E-state index in [-0.39, 0.29) is 0 Å². The highest BCUT2D eigenvalue weighted by molar-refractivity contribution is 5.12. The normalized spacial score (nSPS) is 15.9. The molecule has 0 saturated carbocycles. The summed E-state index contributed by atoms with van der Waals surface area (Å²) in [6, 6.07) is 0.663. The van der Waals surface area contributed by atoms with E-state index >= 15 is 0 Å². The molecule has 0 bridgehead atoms. The highest BCUT2D eigenvalue weighted by Gasteiger charge is 2.08. The molecule has 0 unspecified atom stereocenters. The maximum Gasteiger partial charge on any atom is 0.00981 e. The van der Waals surface area contributed by atoms with Crippen molar-refractivity contribution >= 4 is 0 Å². The van der Waals surface area contributed by atoms with Crippen molar-refractivity contribution < 1.29 is 0 Å². The first-order chi connectivity index (χ1) is 6.02. The third-order valence-electron chi connectivity index (χ3n) is 2.98. The summed E-state index contributed by atoms with van der Waals surface area (Å²) in [7, 11) is 4.30. The fourth-order valence-electron chi connectivity index (χ4n) is 1.41. The van der Waals surface area contributed by atoms with Gasteiger partial charge in [0.2, 0.25) is 0 Å². The van der Waals surface area contributed by atoms with Crippen LogP contribution in [0.1, 0.15) is 47.0 Å². The largest absolute Gasteiger partial charge is 0.306 e. The molecule has 0 fully saturated rings. The maximum atomic E-state index is 2.29. The second kappa shape index (κ2) is 6.20. The molecular weight excluding hydrogens is 158 g/mol. The van der Waals surface area contributed by atoms with Crippen LogP contribution in [0.25, 0.3) is 0 Å². The SMILES string of the molecule is CC/C(C)=C(\CC)C[C@@H](C)N(C)C. The summed E-state index contributed by atoms with van der Waals surface area (Å²) in [5, 5.41) is 0. The van der Waals surface area contributed by atoms with Crippen LogP contribution in [-0.2, 0) is 0 Å². The zero-order valence-electron chi connectivity index (χ0n) is 10.1. The van der Waals surface area contributed by atoms with Crippen LogP contribution in [0.2, 0.25) is 0 Å². The lowest BCUT2D eigenvalue weighted by atomic mass is 9.98. The van der Waals surface area contributed by atoms with Gasteiger partial charge in [-0.1, -0.05) is 25.0 Å². The van der Waals surface area contributed by atoms with E-state index in [4.69, 9.17) is 0 Å². The molecule has 0 amide bonds. The number of hydrogen-bond acceptors (Lipinski definition) is 1. The molecule has 13 heavy (non-hydrogen) atoms. The fraction of sp³-hybridized carbons (Fsp3) is 0.833. The molecule has 0 spiro atoms. The molecule has 0 saturated heterocycles. The molecule has 0 radical (unpaired) electrons. The van der Waals surface area contributed by atoms with E-state index in [9.17, 15) is 0 Å². The predicted molar refractivity (Wildman–Crippen MR) is 61.0 cm³/mol. The summed E-state index contributed by atoms with van der Waals surface area (Å²) in [5.41, 5.74) is 3.22. The van der Waals surface area contributed by atoms with Crippen molar-refractivity contribution in [2.75, 3.05) is 14.1 Å². The van der Waals surface area contributed by atoms with Crippen LogP contribution in [0.15, 0.2) is 11.1 Å². The van der Waals surface area contributed by atoms with Gasteiger partial charge in [-0.25, -0.2) is 0 Å². The van der Waals surface area contributed by atoms with E-state index < -0.39 is 0 Å². The molecule has 0 aromatic carbocycles. The third-order valence-corrected chi connectivity index (χ3v) is 2.98. The van der Waals surface area contributed by atoms with Gasteiger partial charge in [0.15, 0.2) is 0 Å². The van der Waals surface area contributed by atoms with Crippen molar-refractivity contribution in [1.29, 1.82) is 0 Å². The molecule has 1 nitrogen and oxygen atoms in total. The first-order valence-electron chi connectivity index (χ1n) is 5.36. The quantitative estimate of drug-likeness (QED) is 0.590. The second-order valence-corrected chi connectivity index (χ2v) is 4.11. The lowest BCUT2D eigenvalue weighted by Crippen LogP contribution is -2.25. The van der Waals surface area contributed by atoms with E-state index in [1.165, 1.54) is 19.3 Å². The van der Waals surface area contributed by atoms with E-state index in [2.05, 4.69) is 46.7 Å². The van der Waals surface area contributed by atoms with Crippen molar-refractivity contribution in [1.82, 2.24) is 4.90 Å². The van der Waals surface area contributed by atoms with Crippen LogP contribution in [-0.4, -0.2) is 25.0 Å². The summed E-state index contributed by atoms with van der Waals surface area (Å²) in [6.45, 7) is 9.06. The topological polar surface area (TPSA) is 3.24 Å². The van der Waals surface area contributed by atoms with Gasteiger partial charge >= 0.3 is 0 Å². The highest BCUT2D eigenvalue weighted by Crippen LogP contribution is 2.18. The van der Waals surface area contributed by atoms with Gasteiger partial charge in [0.05, 0.1) is 0 Å². The summed E-state index contributed by atoms with van der Waals surface area (Å²) in [5.74, 6) is 0. The molecule has 0 aromatic heterocycles. The molecule has 0 N–H and O–H groups in total. The van der Waals surface area contributed by atoms with E-state index in [0.717, 1.165) is 0 Å². The monoisotopic (exact) mass is 183 g/mol. The molecule has 78 valence electrons. The van der Waals surface area contributed by atoms with Crippen LogP contribution in [0.5, 0.6) is 0 Å². The third kappa shape index (κ3) is 4.47. The lowest BCUT2D eigenvalue weighted by molar-refractivity contribution is 0.310. The van der Waals surface area contributed by atoms with Gasteiger partial charge in [-0.15, -0.1) is 0 Å². The molecule has 1 heteroatoms. The Labute approximate surface area is 83.8 Å². The minimum absolute atomic E-state index is 0.663. The fourth-order valence-corrected chi connectivity index (χ4v) is 1.41. The summed E-state index contributed by atoms with van der Waals surface area (Å²) in [6.07, 6.45) is 3.63. The Morgan fingerprint density at radius 3 is 2.00 bits per heavy atom. The van der Waals surface area contributed by atoms with Crippen molar-refractivity contribution in [2.45, 2.75) is 53.0 Å². The lowest BCUT2D eigenvalue weighted by Gasteiger charge is -2.22. The molecule has 0 aliphatic heterocycles. The van der Waals surface area contributed by atoms with Crippen LogP contribution < -0.4 is 0 Å². The number of hydrogen-bond donors (Lipinski definition) is 0. The summed E-state index contributed by atoms with van der Waals surface area (Å²) in [4.78, 5) is 2.29. The van der Waals surface area contributed by atoms with Crippen molar-refractivity contribution in [2.24, 2.45) is 0 Å². The first kappa shape index (κ1) is 12.7. The molecular formula is C12H25N. The van der Waals surface area contributed by atoms with Crippen LogP contribution in [0.4, 0.5) is 0 Å². The van der Waals surface area contributed by atoms with E-state index in [1.54, 1.807) is 11.1 Å². The van der Waals surface area contributed by atoms with Crippen molar-refractivity contribution in [3.8, 4) is 0 Å². The minimum atomic E-state index is 0.663. The average molecular weight is 183 g/mol. The standard InChI is InChI=1S/C12H25N/c1-7-10(3)12(8-2)9-11(4)13(5)6/h11H,7-9H2,1-6H3/b12-10+/t11-/m1/s1.